The molecule has 1 unspecified atom stereocenters. The van der Waals surface area contributed by atoms with Crippen LogP contribution >= 0.6 is 0 Å². The zero-order valence-electron chi connectivity index (χ0n) is 11.7. The minimum absolute atomic E-state index is 0.492. The molecule has 0 radical (unpaired) electrons. The molecule has 4 heteroatoms. The van der Waals surface area contributed by atoms with Crippen LogP contribution in [0.25, 0.3) is 0 Å². The number of likely N-dealkylation sites (tertiary alicyclic amines) is 1. The highest BCUT2D eigenvalue weighted by molar-refractivity contribution is 5.20. The van der Waals surface area contributed by atoms with Gasteiger partial charge in [-0.2, -0.15) is 5.10 Å². The minimum Gasteiger partial charge on any atom is -0.312 e. The average molecular weight is 248 g/mol. The molecule has 2 aliphatic rings. The van der Waals surface area contributed by atoms with E-state index in [1.807, 2.05) is 11.7 Å². The number of nitrogens with one attached hydrogen (secondary N) is 1. The van der Waals surface area contributed by atoms with E-state index in [1.54, 1.807) is 0 Å². The number of aryl methyl sites for hydroxylation is 2. The van der Waals surface area contributed by atoms with Crippen LogP contribution in [0.1, 0.15) is 37.1 Å². The molecule has 2 saturated heterocycles. The summed E-state index contributed by atoms with van der Waals surface area (Å²) >= 11 is 0. The number of aromatic nitrogens is 2. The van der Waals surface area contributed by atoms with Gasteiger partial charge in [0, 0.05) is 44.0 Å². The van der Waals surface area contributed by atoms with Crippen LogP contribution in [-0.4, -0.2) is 40.4 Å². The zero-order chi connectivity index (χ0) is 12.7. The smallest absolute Gasteiger partial charge is 0.0641 e. The maximum Gasteiger partial charge on any atom is 0.0641 e. The summed E-state index contributed by atoms with van der Waals surface area (Å²) in [5.74, 6) is 0.859. The van der Waals surface area contributed by atoms with Crippen LogP contribution in [0.2, 0.25) is 0 Å². The monoisotopic (exact) mass is 248 g/mol. The SMILES string of the molecule is Cc1nn(C)cc1C(C)N1C[C@@H]2CCCN[C@@H]2C1. The Morgan fingerprint density at radius 1 is 1.44 bits per heavy atom. The summed E-state index contributed by atoms with van der Waals surface area (Å²) in [4.78, 5) is 2.62. The van der Waals surface area contributed by atoms with Gasteiger partial charge in [-0.15, -0.1) is 0 Å². The van der Waals surface area contributed by atoms with E-state index < -0.39 is 0 Å². The Hall–Kier alpha value is -0.870. The molecule has 3 heterocycles. The maximum atomic E-state index is 4.47. The van der Waals surface area contributed by atoms with E-state index in [0.29, 0.717) is 6.04 Å². The van der Waals surface area contributed by atoms with Crippen LogP contribution in [0.15, 0.2) is 6.20 Å². The van der Waals surface area contributed by atoms with Crippen molar-refractivity contribution in [3.8, 4) is 0 Å². The standard InChI is InChI=1S/C14H24N4/c1-10-13(8-17(3)16-10)11(2)18-7-12-5-4-6-15-14(12)9-18/h8,11-12,14-15H,4-7,9H2,1-3H3/t11?,12-,14+/m0/s1. The molecule has 1 N–H and O–H groups in total. The van der Waals surface area contributed by atoms with Crippen LogP contribution in [0.5, 0.6) is 0 Å². The van der Waals surface area contributed by atoms with Crippen molar-refractivity contribution in [1.29, 1.82) is 0 Å². The highest BCUT2D eigenvalue weighted by Gasteiger charge is 2.36. The van der Waals surface area contributed by atoms with Crippen LogP contribution < -0.4 is 5.32 Å². The summed E-state index contributed by atoms with van der Waals surface area (Å²) in [6, 6.07) is 1.21. The first-order valence-corrected chi connectivity index (χ1v) is 7.12. The lowest BCUT2D eigenvalue weighted by Gasteiger charge is -2.25. The van der Waals surface area contributed by atoms with E-state index in [9.17, 15) is 0 Å². The summed E-state index contributed by atoms with van der Waals surface area (Å²) in [5, 5.41) is 8.14. The maximum absolute atomic E-state index is 4.47. The first kappa shape index (κ1) is 12.2. The Morgan fingerprint density at radius 2 is 2.28 bits per heavy atom. The van der Waals surface area contributed by atoms with E-state index in [4.69, 9.17) is 0 Å². The fourth-order valence-electron chi connectivity index (χ4n) is 3.62. The molecular weight excluding hydrogens is 224 g/mol. The van der Waals surface area contributed by atoms with Crippen LogP contribution in [-0.2, 0) is 7.05 Å². The fourth-order valence-corrected chi connectivity index (χ4v) is 3.62. The van der Waals surface area contributed by atoms with Crippen LogP contribution in [0.3, 0.4) is 0 Å². The molecule has 3 atom stereocenters. The molecule has 0 bridgehead atoms. The van der Waals surface area contributed by atoms with Crippen molar-refractivity contribution >= 4 is 0 Å². The van der Waals surface area contributed by atoms with Gasteiger partial charge in [0.2, 0.25) is 0 Å². The summed E-state index contributed by atoms with van der Waals surface area (Å²) in [5.41, 5.74) is 2.56. The van der Waals surface area contributed by atoms with Gasteiger partial charge < -0.3 is 5.32 Å². The second kappa shape index (κ2) is 4.67. The molecule has 100 valence electrons. The molecular formula is C14H24N4. The normalized spacial score (nSPS) is 30.4. The van der Waals surface area contributed by atoms with Crippen molar-refractivity contribution in [2.24, 2.45) is 13.0 Å². The number of fused-ring (bicyclic) bond motifs is 1. The Kier molecular flexibility index (Phi) is 3.16. The Labute approximate surface area is 109 Å². The van der Waals surface area contributed by atoms with E-state index in [2.05, 4.69) is 35.4 Å². The van der Waals surface area contributed by atoms with E-state index in [0.717, 1.165) is 12.0 Å². The van der Waals surface area contributed by atoms with Crippen molar-refractivity contribution in [3.05, 3.63) is 17.5 Å². The first-order chi connectivity index (χ1) is 8.65. The van der Waals surface area contributed by atoms with Gasteiger partial charge >= 0.3 is 0 Å². The molecule has 1 aromatic heterocycles. The highest BCUT2D eigenvalue weighted by atomic mass is 15.3. The van der Waals surface area contributed by atoms with Gasteiger partial charge in [0.25, 0.3) is 0 Å². The molecule has 18 heavy (non-hydrogen) atoms. The van der Waals surface area contributed by atoms with Gasteiger partial charge in [0.15, 0.2) is 0 Å². The Bertz CT molecular complexity index is 411. The van der Waals surface area contributed by atoms with E-state index in [-0.39, 0.29) is 0 Å². The second-order valence-corrected chi connectivity index (χ2v) is 5.94. The van der Waals surface area contributed by atoms with Gasteiger partial charge in [0.05, 0.1) is 5.69 Å². The van der Waals surface area contributed by atoms with Gasteiger partial charge in [-0.3, -0.25) is 9.58 Å². The summed E-state index contributed by atoms with van der Waals surface area (Å²) in [6.45, 7) is 8.08. The van der Waals surface area contributed by atoms with Crippen molar-refractivity contribution in [2.75, 3.05) is 19.6 Å². The first-order valence-electron chi connectivity index (χ1n) is 7.12. The van der Waals surface area contributed by atoms with Crippen molar-refractivity contribution < 1.29 is 0 Å². The lowest BCUT2D eigenvalue weighted by Crippen LogP contribution is -2.40. The Morgan fingerprint density at radius 3 is 2.94 bits per heavy atom. The molecule has 1 aromatic rings. The summed E-state index contributed by atoms with van der Waals surface area (Å²) in [6.07, 6.45) is 4.91. The second-order valence-electron chi connectivity index (χ2n) is 5.94. The van der Waals surface area contributed by atoms with Crippen molar-refractivity contribution in [3.63, 3.8) is 0 Å². The topological polar surface area (TPSA) is 33.1 Å². The predicted octanol–water partition coefficient (Wildman–Crippen LogP) is 1.47. The molecule has 2 aliphatic heterocycles. The molecule has 0 saturated carbocycles. The van der Waals surface area contributed by atoms with Gasteiger partial charge in [-0.05, 0) is 39.2 Å². The number of piperidine rings is 1. The zero-order valence-corrected chi connectivity index (χ0v) is 11.7. The average Bonchev–Trinajstić information content (AvgIpc) is 2.91. The Balaban J connectivity index is 1.73. The molecule has 0 amide bonds. The predicted molar refractivity (Wildman–Crippen MR) is 72.4 cm³/mol. The lowest BCUT2D eigenvalue weighted by atomic mass is 9.94. The fraction of sp³-hybridized carbons (Fsp3) is 0.786. The molecule has 0 aromatic carbocycles. The third kappa shape index (κ3) is 2.08. The van der Waals surface area contributed by atoms with Gasteiger partial charge in [-0.25, -0.2) is 0 Å². The summed E-state index contributed by atoms with van der Waals surface area (Å²) in [7, 11) is 2.01. The molecule has 4 nitrogen and oxygen atoms in total. The number of hydrogen-bond donors (Lipinski definition) is 1. The minimum atomic E-state index is 0.492. The molecule has 0 spiro atoms. The third-order valence-electron chi connectivity index (χ3n) is 4.68. The molecule has 2 fully saturated rings. The third-order valence-corrected chi connectivity index (χ3v) is 4.68. The number of rotatable bonds is 2. The van der Waals surface area contributed by atoms with E-state index >= 15 is 0 Å². The molecule has 3 rings (SSSR count). The lowest BCUT2D eigenvalue weighted by molar-refractivity contribution is 0.250. The van der Waals surface area contributed by atoms with Crippen molar-refractivity contribution in [1.82, 2.24) is 20.0 Å². The van der Waals surface area contributed by atoms with Gasteiger partial charge in [0.1, 0.15) is 0 Å². The number of hydrogen-bond acceptors (Lipinski definition) is 3. The van der Waals surface area contributed by atoms with Crippen LogP contribution in [0.4, 0.5) is 0 Å². The van der Waals surface area contributed by atoms with Gasteiger partial charge in [-0.1, -0.05) is 0 Å². The van der Waals surface area contributed by atoms with Crippen molar-refractivity contribution in [2.45, 2.75) is 38.8 Å². The highest BCUT2D eigenvalue weighted by Crippen LogP contribution is 2.32. The summed E-state index contributed by atoms with van der Waals surface area (Å²) < 4.78 is 1.93. The largest absolute Gasteiger partial charge is 0.312 e. The van der Waals surface area contributed by atoms with Crippen LogP contribution in [0, 0.1) is 12.8 Å². The quantitative estimate of drug-likeness (QED) is 0.860. The molecule has 0 aliphatic carbocycles. The number of nitrogens with zero attached hydrogens (tertiary/aromatic N) is 3. The van der Waals surface area contributed by atoms with E-state index in [1.165, 1.54) is 43.7 Å².